The Hall–Kier alpha value is -3.07. The van der Waals surface area contributed by atoms with Gasteiger partial charge in [-0.25, -0.2) is 8.42 Å². The molecular weight excluding hydrogens is 378 g/mol. The molecule has 0 aliphatic heterocycles. The first-order valence-electron chi connectivity index (χ1n) is 7.75. The number of para-hydroxylation sites is 1. The molecule has 140 valence electrons. The van der Waals surface area contributed by atoms with Crippen LogP contribution in [0.3, 0.4) is 0 Å². The van der Waals surface area contributed by atoms with E-state index in [-0.39, 0.29) is 11.4 Å². The van der Waals surface area contributed by atoms with E-state index in [1.54, 1.807) is 12.1 Å². The largest absolute Gasteiger partial charge is 0.350 e. The summed E-state index contributed by atoms with van der Waals surface area (Å²) in [4.78, 5) is 11.7. The molecule has 3 aromatic rings. The molecule has 0 unspecified atom stereocenters. The second kappa shape index (κ2) is 7.28. The van der Waals surface area contributed by atoms with Crippen molar-refractivity contribution >= 4 is 21.4 Å². The lowest BCUT2D eigenvalue weighted by Crippen LogP contribution is -2.17. The third-order valence-electron chi connectivity index (χ3n) is 3.76. The van der Waals surface area contributed by atoms with Crippen LogP contribution in [0.15, 0.2) is 64.0 Å². The van der Waals surface area contributed by atoms with Gasteiger partial charge in [-0.3, -0.25) is 4.79 Å². The van der Waals surface area contributed by atoms with Gasteiger partial charge in [-0.05, 0) is 19.1 Å². The van der Waals surface area contributed by atoms with Crippen LogP contribution in [-0.2, 0) is 9.84 Å². The Morgan fingerprint density at radius 2 is 1.78 bits per heavy atom. The van der Waals surface area contributed by atoms with Gasteiger partial charge in [0.1, 0.15) is 5.69 Å². The standard InChI is InChI=1S/C18H14F2N2O4S/c1-11-6-8-12(9-7-11)14-10-15(26-22-14)17(23)21-13-4-2-3-5-16(13)27(24,25)18(19)20/h2-10,18H,1H3,(H,21,23). The van der Waals surface area contributed by atoms with Gasteiger partial charge in [0.05, 0.1) is 10.6 Å². The first-order valence-corrected chi connectivity index (χ1v) is 9.30. The monoisotopic (exact) mass is 392 g/mol. The maximum Gasteiger partial charge on any atom is 0.341 e. The Bertz CT molecular complexity index is 1080. The second-order valence-electron chi connectivity index (χ2n) is 5.70. The van der Waals surface area contributed by atoms with Crippen molar-refractivity contribution in [2.24, 2.45) is 0 Å². The summed E-state index contributed by atoms with van der Waals surface area (Å²) in [5.74, 6) is -4.60. The number of benzene rings is 2. The first kappa shape index (κ1) is 18.7. The van der Waals surface area contributed by atoms with Crippen LogP contribution in [0.25, 0.3) is 11.3 Å². The number of carbonyl (C=O) groups excluding carboxylic acids is 1. The molecule has 1 aromatic heterocycles. The Balaban J connectivity index is 1.86. The number of nitrogens with zero attached hydrogens (tertiary/aromatic N) is 1. The number of sulfone groups is 1. The molecule has 0 aliphatic carbocycles. The zero-order valence-electron chi connectivity index (χ0n) is 14.0. The van der Waals surface area contributed by atoms with Gasteiger partial charge in [-0.15, -0.1) is 0 Å². The number of hydrogen-bond acceptors (Lipinski definition) is 5. The smallest absolute Gasteiger partial charge is 0.341 e. The molecule has 0 saturated heterocycles. The molecule has 2 aromatic carbocycles. The summed E-state index contributed by atoms with van der Waals surface area (Å²) in [5.41, 5.74) is 1.92. The highest BCUT2D eigenvalue weighted by Crippen LogP contribution is 2.27. The van der Waals surface area contributed by atoms with Gasteiger partial charge in [0.25, 0.3) is 5.91 Å². The number of alkyl halides is 2. The van der Waals surface area contributed by atoms with Crippen molar-refractivity contribution in [3.8, 4) is 11.3 Å². The van der Waals surface area contributed by atoms with Crippen molar-refractivity contribution in [2.45, 2.75) is 17.6 Å². The Labute approximate surface area is 153 Å². The van der Waals surface area contributed by atoms with E-state index in [2.05, 4.69) is 10.5 Å². The molecule has 0 aliphatic rings. The topological polar surface area (TPSA) is 89.3 Å². The summed E-state index contributed by atoms with van der Waals surface area (Å²) >= 11 is 0. The minimum absolute atomic E-state index is 0.185. The molecule has 0 atom stereocenters. The summed E-state index contributed by atoms with van der Waals surface area (Å²) in [5, 5.41) is 6.08. The third-order valence-corrected chi connectivity index (χ3v) is 5.20. The predicted octanol–water partition coefficient (Wildman–Crippen LogP) is 3.90. The number of aryl methyl sites for hydroxylation is 1. The highest BCUT2D eigenvalue weighted by molar-refractivity contribution is 7.91. The van der Waals surface area contributed by atoms with Gasteiger partial charge in [-0.2, -0.15) is 8.78 Å². The fourth-order valence-electron chi connectivity index (χ4n) is 2.34. The van der Waals surface area contributed by atoms with E-state index >= 15 is 0 Å². The van der Waals surface area contributed by atoms with E-state index < -0.39 is 26.4 Å². The molecule has 0 bridgehead atoms. The first-order chi connectivity index (χ1) is 12.8. The predicted molar refractivity (Wildman–Crippen MR) is 94.3 cm³/mol. The number of hydrogen-bond donors (Lipinski definition) is 1. The van der Waals surface area contributed by atoms with E-state index in [1.807, 2.05) is 19.1 Å². The minimum atomic E-state index is -4.87. The maximum absolute atomic E-state index is 12.8. The summed E-state index contributed by atoms with van der Waals surface area (Å²) in [7, 11) is -4.87. The highest BCUT2D eigenvalue weighted by atomic mass is 32.2. The van der Waals surface area contributed by atoms with E-state index in [1.165, 1.54) is 24.3 Å². The zero-order valence-corrected chi connectivity index (χ0v) is 14.8. The summed E-state index contributed by atoms with van der Waals surface area (Å²) in [6.07, 6.45) is 0. The second-order valence-corrected chi connectivity index (χ2v) is 7.58. The summed E-state index contributed by atoms with van der Waals surface area (Å²) < 4.78 is 54.2. The minimum Gasteiger partial charge on any atom is -0.350 e. The van der Waals surface area contributed by atoms with Crippen LogP contribution >= 0.6 is 0 Å². The number of halogens is 2. The highest BCUT2D eigenvalue weighted by Gasteiger charge is 2.29. The normalized spacial score (nSPS) is 11.6. The van der Waals surface area contributed by atoms with Gasteiger partial charge in [0.15, 0.2) is 0 Å². The van der Waals surface area contributed by atoms with Gasteiger partial charge in [0.2, 0.25) is 15.6 Å². The van der Waals surface area contributed by atoms with E-state index in [0.717, 1.165) is 17.2 Å². The van der Waals surface area contributed by atoms with Gasteiger partial charge < -0.3 is 9.84 Å². The molecule has 27 heavy (non-hydrogen) atoms. The Kier molecular flexibility index (Phi) is 5.04. The van der Waals surface area contributed by atoms with Gasteiger partial charge in [0, 0.05) is 11.6 Å². The maximum atomic E-state index is 12.8. The summed E-state index contributed by atoms with van der Waals surface area (Å²) in [6, 6.07) is 13.6. The number of rotatable bonds is 5. The molecule has 0 fully saturated rings. The third kappa shape index (κ3) is 3.87. The van der Waals surface area contributed by atoms with Crippen LogP contribution in [0.5, 0.6) is 0 Å². The van der Waals surface area contributed by atoms with Crippen LogP contribution in [0.4, 0.5) is 14.5 Å². The molecule has 1 N–H and O–H groups in total. The molecule has 9 heteroatoms. The van der Waals surface area contributed by atoms with Crippen molar-refractivity contribution < 1.29 is 26.5 Å². The molecule has 0 spiro atoms. The number of carbonyl (C=O) groups is 1. The lowest BCUT2D eigenvalue weighted by Gasteiger charge is -2.10. The zero-order chi connectivity index (χ0) is 19.6. The summed E-state index contributed by atoms with van der Waals surface area (Å²) in [6.45, 7) is 1.93. The number of amides is 1. The van der Waals surface area contributed by atoms with Crippen LogP contribution < -0.4 is 5.32 Å². The molecule has 1 amide bonds. The SMILES string of the molecule is Cc1ccc(-c2cc(C(=O)Nc3ccccc3S(=O)(=O)C(F)F)on2)cc1. The van der Waals surface area contributed by atoms with Crippen molar-refractivity contribution in [3.05, 3.63) is 65.9 Å². The van der Waals surface area contributed by atoms with E-state index in [4.69, 9.17) is 4.52 Å². The molecular formula is C18H14F2N2O4S. The van der Waals surface area contributed by atoms with Crippen molar-refractivity contribution in [3.63, 3.8) is 0 Å². The van der Waals surface area contributed by atoms with Crippen molar-refractivity contribution in [1.82, 2.24) is 5.16 Å². The van der Waals surface area contributed by atoms with Crippen LogP contribution in [0, 0.1) is 6.92 Å². The Morgan fingerprint density at radius 1 is 1.11 bits per heavy atom. The molecule has 1 heterocycles. The quantitative estimate of drug-likeness (QED) is 0.711. The molecule has 6 nitrogen and oxygen atoms in total. The van der Waals surface area contributed by atoms with Crippen LogP contribution in [0.1, 0.15) is 16.1 Å². The fraction of sp³-hybridized carbons (Fsp3) is 0.111. The lowest BCUT2D eigenvalue weighted by molar-refractivity contribution is 0.0987. The molecule has 0 saturated carbocycles. The van der Waals surface area contributed by atoms with Crippen LogP contribution in [-0.4, -0.2) is 25.2 Å². The lowest BCUT2D eigenvalue weighted by atomic mass is 10.1. The molecule has 3 rings (SSSR count). The fourth-order valence-corrected chi connectivity index (χ4v) is 3.23. The van der Waals surface area contributed by atoms with Crippen molar-refractivity contribution in [1.29, 1.82) is 0 Å². The van der Waals surface area contributed by atoms with Crippen LogP contribution in [0.2, 0.25) is 0 Å². The van der Waals surface area contributed by atoms with Crippen molar-refractivity contribution in [2.75, 3.05) is 5.32 Å². The average molecular weight is 392 g/mol. The number of anilines is 1. The van der Waals surface area contributed by atoms with Gasteiger partial charge >= 0.3 is 5.76 Å². The number of nitrogens with one attached hydrogen (secondary N) is 1. The molecule has 0 radical (unpaired) electrons. The average Bonchev–Trinajstić information content (AvgIpc) is 3.13. The Morgan fingerprint density at radius 3 is 2.44 bits per heavy atom. The van der Waals surface area contributed by atoms with Gasteiger partial charge in [-0.1, -0.05) is 47.1 Å². The van der Waals surface area contributed by atoms with E-state index in [9.17, 15) is 22.0 Å². The van der Waals surface area contributed by atoms with E-state index in [0.29, 0.717) is 5.69 Å². The number of aromatic nitrogens is 1.